The van der Waals surface area contributed by atoms with Crippen LogP contribution < -0.4 is 0 Å². The van der Waals surface area contributed by atoms with Crippen molar-refractivity contribution in [2.45, 2.75) is 25.0 Å². The van der Waals surface area contributed by atoms with Crippen LogP contribution in [0.2, 0.25) is 0 Å². The Balaban J connectivity index is 1.71. The molecule has 3 rings (SSSR count). The summed E-state index contributed by atoms with van der Waals surface area (Å²) < 4.78 is 33.0. The SMILES string of the molecule is O=C(c1c(F)cccc1F)N1CC[C@H](O)[C@@H](N2CCOCC2)CC1. The van der Waals surface area contributed by atoms with E-state index in [0.717, 1.165) is 25.2 Å². The zero-order chi connectivity index (χ0) is 17.1. The second-order valence-electron chi connectivity index (χ2n) is 6.25. The first-order valence-corrected chi connectivity index (χ1v) is 8.31. The summed E-state index contributed by atoms with van der Waals surface area (Å²) in [4.78, 5) is 16.1. The van der Waals surface area contributed by atoms with Crippen LogP contribution in [0.5, 0.6) is 0 Å². The van der Waals surface area contributed by atoms with Gasteiger partial charge >= 0.3 is 0 Å². The number of morpholine rings is 1. The number of likely N-dealkylation sites (tertiary alicyclic amines) is 1. The third-order valence-electron chi connectivity index (χ3n) is 4.81. The van der Waals surface area contributed by atoms with Gasteiger partial charge in [0.1, 0.15) is 17.2 Å². The molecule has 24 heavy (non-hydrogen) atoms. The molecule has 0 aromatic heterocycles. The van der Waals surface area contributed by atoms with Crippen LogP contribution >= 0.6 is 0 Å². The first-order valence-electron chi connectivity index (χ1n) is 8.31. The molecule has 2 atom stereocenters. The Morgan fingerprint density at radius 1 is 1.08 bits per heavy atom. The Morgan fingerprint density at radius 3 is 2.38 bits per heavy atom. The van der Waals surface area contributed by atoms with Crippen LogP contribution in [-0.2, 0) is 4.74 Å². The highest BCUT2D eigenvalue weighted by molar-refractivity contribution is 5.94. The second-order valence-corrected chi connectivity index (χ2v) is 6.25. The first kappa shape index (κ1) is 17.3. The lowest BCUT2D eigenvalue weighted by atomic mass is 10.0. The molecule has 0 saturated carbocycles. The smallest absolute Gasteiger partial charge is 0.259 e. The molecular formula is C17H22F2N2O3. The monoisotopic (exact) mass is 340 g/mol. The van der Waals surface area contributed by atoms with Crippen molar-refractivity contribution >= 4 is 5.91 Å². The lowest BCUT2D eigenvalue weighted by Crippen LogP contribution is -2.49. The highest BCUT2D eigenvalue weighted by Gasteiger charge is 2.33. The van der Waals surface area contributed by atoms with Gasteiger partial charge in [-0.05, 0) is 25.0 Å². The zero-order valence-electron chi connectivity index (χ0n) is 13.5. The lowest BCUT2D eigenvalue weighted by Gasteiger charge is -2.36. The van der Waals surface area contributed by atoms with Gasteiger partial charge in [0.05, 0.1) is 19.3 Å². The average molecular weight is 340 g/mol. The van der Waals surface area contributed by atoms with E-state index in [1.54, 1.807) is 0 Å². The largest absolute Gasteiger partial charge is 0.391 e. The Kier molecular flexibility index (Phi) is 5.43. The number of aliphatic hydroxyl groups excluding tert-OH is 1. The Hall–Kier alpha value is -1.57. The molecule has 0 bridgehead atoms. The molecule has 2 aliphatic rings. The van der Waals surface area contributed by atoms with Gasteiger partial charge in [0.2, 0.25) is 0 Å². The molecule has 0 aliphatic carbocycles. The van der Waals surface area contributed by atoms with Gasteiger partial charge in [-0.2, -0.15) is 0 Å². The minimum Gasteiger partial charge on any atom is -0.391 e. The quantitative estimate of drug-likeness (QED) is 0.881. The number of hydrogen-bond donors (Lipinski definition) is 1. The lowest BCUT2D eigenvalue weighted by molar-refractivity contribution is -0.0222. The molecule has 7 heteroatoms. The van der Waals surface area contributed by atoms with Crippen molar-refractivity contribution in [2.75, 3.05) is 39.4 Å². The average Bonchev–Trinajstić information content (AvgIpc) is 2.77. The predicted octanol–water partition coefficient (Wildman–Crippen LogP) is 1.26. The van der Waals surface area contributed by atoms with Crippen molar-refractivity contribution in [1.82, 2.24) is 9.80 Å². The molecule has 0 unspecified atom stereocenters. The molecule has 1 amide bonds. The molecule has 2 aliphatic heterocycles. The van der Waals surface area contributed by atoms with Crippen molar-refractivity contribution in [3.8, 4) is 0 Å². The van der Waals surface area contributed by atoms with E-state index in [0.29, 0.717) is 32.6 Å². The van der Waals surface area contributed by atoms with E-state index < -0.39 is 29.2 Å². The predicted molar refractivity (Wildman–Crippen MR) is 83.7 cm³/mol. The Labute approximate surface area is 139 Å². The number of halogens is 2. The van der Waals surface area contributed by atoms with Crippen LogP contribution in [0, 0.1) is 11.6 Å². The highest BCUT2D eigenvalue weighted by Crippen LogP contribution is 2.22. The summed E-state index contributed by atoms with van der Waals surface area (Å²) in [5, 5.41) is 10.4. The van der Waals surface area contributed by atoms with Crippen LogP contribution in [0.4, 0.5) is 8.78 Å². The number of amides is 1. The zero-order valence-corrected chi connectivity index (χ0v) is 13.5. The van der Waals surface area contributed by atoms with E-state index in [9.17, 15) is 18.7 Å². The molecule has 1 aromatic carbocycles. The Bertz CT molecular complexity index is 573. The van der Waals surface area contributed by atoms with Crippen molar-refractivity contribution in [3.63, 3.8) is 0 Å². The summed E-state index contributed by atoms with van der Waals surface area (Å²) in [7, 11) is 0. The van der Waals surface area contributed by atoms with E-state index in [1.807, 2.05) is 0 Å². The van der Waals surface area contributed by atoms with Crippen LogP contribution in [0.25, 0.3) is 0 Å². The fourth-order valence-corrected chi connectivity index (χ4v) is 3.47. The number of benzene rings is 1. The number of carbonyl (C=O) groups excluding carboxylic acids is 1. The van der Waals surface area contributed by atoms with Gasteiger partial charge in [0.15, 0.2) is 0 Å². The van der Waals surface area contributed by atoms with Crippen LogP contribution in [0.1, 0.15) is 23.2 Å². The minimum atomic E-state index is -0.852. The van der Waals surface area contributed by atoms with Crippen LogP contribution in [0.15, 0.2) is 18.2 Å². The first-order chi connectivity index (χ1) is 11.6. The van der Waals surface area contributed by atoms with Crippen molar-refractivity contribution in [2.24, 2.45) is 0 Å². The van der Waals surface area contributed by atoms with E-state index in [1.165, 1.54) is 11.0 Å². The third-order valence-corrected chi connectivity index (χ3v) is 4.81. The topological polar surface area (TPSA) is 53.0 Å². The summed E-state index contributed by atoms with van der Waals surface area (Å²) in [5.41, 5.74) is -0.517. The van der Waals surface area contributed by atoms with Gasteiger partial charge in [-0.1, -0.05) is 6.07 Å². The fourth-order valence-electron chi connectivity index (χ4n) is 3.47. The number of hydrogen-bond acceptors (Lipinski definition) is 4. The van der Waals surface area contributed by atoms with E-state index in [-0.39, 0.29) is 12.6 Å². The molecule has 2 saturated heterocycles. The molecular weight excluding hydrogens is 318 g/mol. The van der Waals surface area contributed by atoms with Gasteiger partial charge in [-0.15, -0.1) is 0 Å². The molecule has 132 valence electrons. The molecule has 0 spiro atoms. The minimum absolute atomic E-state index is 0.0582. The van der Waals surface area contributed by atoms with Crippen molar-refractivity contribution in [3.05, 3.63) is 35.4 Å². The molecule has 2 fully saturated rings. The van der Waals surface area contributed by atoms with Crippen molar-refractivity contribution in [1.29, 1.82) is 0 Å². The van der Waals surface area contributed by atoms with Crippen LogP contribution in [0.3, 0.4) is 0 Å². The summed E-state index contributed by atoms with van der Waals surface area (Å²) in [6, 6.07) is 3.35. The molecule has 1 aromatic rings. The molecule has 2 heterocycles. The maximum absolute atomic E-state index is 13.8. The standard InChI is InChI=1S/C17H22F2N2O3/c18-12-2-1-3-13(19)16(12)17(23)21-6-4-14(15(22)5-7-21)20-8-10-24-11-9-20/h1-3,14-15,22H,4-11H2/t14-,15-/m0/s1. The number of nitrogens with zero attached hydrogens (tertiary/aromatic N) is 2. The van der Waals surface area contributed by atoms with Gasteiger partial charge in [0.25, 0.3) is 5.91 Å². The molecule has 5 nitrogen and oxygen atoms in total. The summed E-state index contributed by atoms with van der Waals surface area (Å²) >= 11 is 0. The number of rotatable bonds is 2. The normalized spacial score (nSPS) is 26.2. The van der Waals surface area contributed by atoms with Crippen molar-refractivity contribution < 1.29 is 23.4 Å². The number of carbonyl (C=O) groups is 1. The third kappa shape index (κ3) is 3.58. The van der Waals surface area contributed by atoms with Gasteiger partial charge in [0, 0.05) is 32.2 Å². The van der Waals surface area contributed by atoms with E-state index in [2.05, 4.69) is 4.90 Å². The van der Waals surface area contributed by atoms with Crippen LogP contribution in [-0.4, -0.2) is 72.4 Å². The van der Waals surface area contributed by atoms with Gasteiger partial charge < -0.3 is 14.7 Å². The Morgan fingerprint density at radius 2 is 1.71 bits per heavy atom. The van der Waals surface area contributed by atoms with E-state index >= 15 is 0 Å². The maximum Gasteiger partial charge on any atom is 0.259 e. The highest BCUT2D eigenvalue weighted by atomic mass is 19.1. The maximum atomic E-state index is 13.8. The summed E-state index contributed by atoms with van der Waals surface area (Å²) in [5.74, 6) is -2.36. The van der Waals surface area contributed by atoms with Gasteiger partial charge in [-0.25, -0.2) is 8.78 Å². The molecule has 1 N–H and O–H groups in total. The summed E-state index contributed by atoms with van der Waals surface area (Å²) in [6.45, 7) is 3.41. The fraction of sp³-hybridized carbons (Fsp3) is 0.588. The van der Waals surface area contributed by atoms with Gasteiger partial charge in [-0.3, -0.25) is 9.69 Å². The number of ether oxygens (including phenoxy) is 1. The number of aliphatic hydroxyl groups is 1. The summed E-state index contributed by atoms with van der Waals surface area (Å²) in [6.07, 6.45) is 0.402. The molecule has 0 radical (unpaired) electrons. The second kappa shape index (κ2) is 7.55. The van der Waals surface area contributed by atoms with E-state index in [4.69, 9.17) is 4.74 Å².